The Morgan fingerprint density at radius 1 is 1.44 bits per heavy atom. The summed E-state index contributed by atoms with van der Waals surface area (Å²) in [4.78, 5) is 14.6. The molecule has 0 unspecified atom stereocenters. The number of nitro groups is 1. The molecule has 0 spiro atoms. The van der Waals surface area contributed by atoms with Gasteiger partial charge in [0.1, 0.15) is 5.82 Å². The summed E-state index contributed by atoms with van der Waals surface area (Å²) in [6.45, 7) is 5.00. The lowest BCUT2D eigenvalue weighted by Gasteiger charge is -2.09. The molecule has 6 heteroatoms. The Kier molecular flexibility index (Phi) is 5.35. The van der Waals surface area contributed by atoms with Crippen LogP contribution >= 0.6 is 0 Å². The molecule has 0 aliphatic rings. The molecule has 0 aromatic carbocycles. The van der Waals surface area contributed by atoms with Gasteiger partial charge in [0.05, 0.1) is 4.92 Å². The summed E-state index contributed by atoms with van der Waals surface area (Å²) in [5.74, 6) is 1.58. The second kappa shape index (κ2) is 6.78. The fourth-order valence-corrected chi connectivity index (χ4v) is 1.59. The van der Waals surface area contributed by atoms with Crippen LogP contribution < -0.4 is 10.6 Å². The Labute approximate surface area is 107 Å². The molecule has 0 fully saturated rings. The average molecular weight is 252 g/mol. The lowest BCUT2D eigenvalue weighted by Crippen LogP contribution is -2.08. The molecule has 0 atom stereocenters. The number of nitrogens with one attached hydrogen (secondary N) is 2. The number of pyridine rings is 1. The molecular weight excluding hydrogens is 232 g/mol. The van der Waals surface area contributed by atoms with Gasteiger partial charge in [0.25, 0.3) is 0 Å². The minimum Gasteiger partial charge on any atom is -0.373 e. The fraction of sp³-hybridized carbons (Fsp3) is 0.583. The molecule has 0 saturated carbocycles. The van der Waals surface area contributed by atoms with Crippen LogP contribution in [0, 0.1) is 16.0 Å². The Balaban J connectivity index is 2.69. The van der Waals surface area contributed by atoms with Gasteiger partial charge in [-0.15, -0.1) is 0 Å². The van der Waals surface area contributed by atoms with Crippen molar-refractivity contribution in [1.29, 1.82) is 0 Å². The van der Waals surface area contributed by atoms with Crippen LogP contribution in [0.2, 0.25) is 0 Å². The zero-order chi connectivity index (χ0) is 13.5. The smallest absolute Gasteiger partial charge is 0.311 e. The van der Waals surface area contributed by atoms with E-state index >= 15 is 0 Å². The van der Waals surface area contributed by atoms with Crippen molar-refractivity contribution in [2.75, 3.05) is 24.2 Å². The van der Waals surface area contributed by atoms with E-state index in [0.717, 1.165) is 12.8 Å². The Morgan fingerprint density at radius 3 is 2.72 bits per heavy atom. The van der Waals surface area contributed by atoms with Crippen molar-refractivity contribution >= 4 is 17.3 Å². The van der Waals surface area contributed by atoms with E-state index in [9.17, 15) is 10.1 Å². The number of hydrogen-bond acceptors (Lipinski definition) is 5. The summed E-state index contributed by atoms with van der Waals surface area (Å²) < 4.78 is 0. The molecule has 0 aliphatic carbocycles. The summed E-state index contributed by atoms with van der Waals surface area (Å²) in [5.41, 5.74) is 0.0125. The Morgan fingerprint density at radius 2 is 2.17 bits per heavy atom. The number of rotatable bonds is 7. The van der Waals surface area contributed by atoms with Crippen molar-refractivity contribution in [2.24, 2.45) is 5.92 Å². The predicted molar refractivity (Wildman–Crippen MR) is 73.0 cm³/mol. The molecule has 0 amide bonds. The lowest BCUT2D eigenvalue weighted by molar-refractivity contribution is -0.384. The Hall–Kier alpha value is -1.85. The zero-order valence-corrected chi connectivity index (χ0v) is 11.1. The fourth-order valence-electron chi connectivity index (χ4n) is 1.59. The van der Waals surface area contributed by atoms with Gasteiger partial charge in [0, 0.05) is 19.7 Å². The first-order chi connectivity index (χ1) is 8.54. The first-order valence-corrected chi connectivity index (χ1v) is 6.11. The van der Waals surface area contributed by atoms with Crippen LogP contribution in [-0.2, 0) is 0 Å². The molecule has 0 saturated heterocycles. The molecule has 18 heavy (non-hydrogen) atoms. The van der Waals surface area contributed by atoms with E-state index in [-0.39, 0.29) is 5.69 Å². The molecule has 100 valence electrons. The summed E-state index contributed by atoms with van der Waals surface area (Å²) >= 11 is 0. The highest BCUT2D eigenvalue weighted by Gasteiger charge is 2.15. The third-order valence-corrected chi connectivity index (χ3v) is 2.58. The van der Waals surface area contributed by atoms with Gasteiger partial charge in [-0.05, 0) is 24.8 Å². The van der Waals surface area contributed by atoms with Crippen LogP contribution in [0.5, 0.6) is 0 Å². The summed E-state index contributed by atoms with van der Waals surface area (Å²) in [6.07, 6.45) is 2.06. The zero-order valence-electron chi connectivity index (χ0n) is 11.1. The SMILES string of the molecule is CNc1ccc([N+](=O)[O-])c(NCCCC(C)C)n1. The summed E-state index contributed by atoms with van der Waals surface area (Å²) in [7, 11) is 1.73. The van der Waals surface area contributed by atoms with Crippen molar-refractivity contribution in [3.63, 3.8) is 0 Å². The van der Waals surface area contributed by atoms with E-state index in [1.165, 1.54) is 6.07 Å². The third kappa shape index (κ3) is 4.20. The monoisotopic (exact) mass is 252 g/mol. The maximum atomic E-state index is 10.9. The van der Waals surface area contributed by atoms with Gasteiger partial charge in [-0.25, -0.2) is 4.98 Å². The van der Waals surface area contributed by atoms with Crippen LogP contribution in [0.1, 0.15) is 26.7 Å². The molecule has 1 aromatic rings. The van der Waals surface area contributed by atoms with Crippen molar-refractivity contribution in [3.8, 4) is 0 Å². The van der Waals surface area contributed by atoms with Crippen molar-refractivity contribution in [2.45, 2.75) is 26.7 Å². The second-order valence-electron chi connectivity index (χ2n) is 4.53. The minimum absolute atomic E-state index is 0.0125. The van der Waals surface area contributed by atoms with Gasteiger partial charge in [-0.1, -0.05) is 13.8 Å². The topological polar surface area (TPSA) is 80.1 Å². The van der Waals surface area contributed by atoms with Gasteiger partial charge in [0.2, 0.25) is 5.82 Å². The molecule has 0 radical (unpaired) electrons. The van der Waals surface area contributed by atoms with Crippen LogP contribution in [0.25, 0.3) is 0 Å². The molecule has 2 N–H and O–H groups in total. The van der Waals surface area contributed by atoms with Gasteiger partial charge >= 0.3 is 5.69 Å². The van der Waals surface area contributed by atoms with Gasteiger partial charge in [0.15, 0.2) is 0 Å². The molecule has 1 aromatic heterocycles. The third-order valence-electron chi connectivity index (χ3n) is 2.58. The maximum Gasteiger partial charge on any atom is 0.311 e. The largest absolute Gasteiger partial charge is 0.373 e. The van der Waals surface area contributed by atoms with Crippen LogP contribution in [0.4, 0.5) is 17.3 Å². The van der Waals surface area contributed by atoms with Crippen molar-refractivity contribution < 1.29 is 4.92 Å². The normalized spacial score (nSPS) is 10.4. The standard InChI is InChI=1S/C12H20N4O2/c1-9(2)5-4-8-14-12-10(16(17)18)6-7-11(13-3)15-12/h6-7,9H,4-5,8H2,1-3H3,(H2,13,14,15). The summed E-state index contributed by atoms with van der Waals surface area (Å²) in [5, 5.41) is 16.8. The second-order valence-corrected chi connectivity index (χ2v) is 4.53. The average Bonchev–Trinajstić information content (AvgIpc) is 2.33. The van der Waals surface area contributed by atoms with Crippen LogP contribution in [0.3, 0.4) is 0 Å². The van der Waals surface area contributed by atoms with E-state index in [4.69, 9.17) is 0 Å². The maximum absolute atomic E-state index is 10.9. The van der Waals surface area contributed by atoms with E-state index in [1.54, 1.807) is 13.1 Å². The van der Waals surface area contributed by atoms with E-state index in [1.807, 2.05) is 0 Å². The number of anilines is 2. The lowest BCUT2D eigenvalue weighted by atomic mass is 10.1. The molecule has 0 bridgehead atoms. The first kappa shape index (κ1) is 14.2. The van der Waals surface area contributed by atoms with Gasteiger partial charge in [-0.2, -0.15) is 0 Å². The molecule has 0 aliphatic heterocycles. The van der Waals surface area contributed by atoms with Crippen molar-refractivity contribution in [3.05, 3.63) is 22.2 Å². The highest BCUT2D eigenvalue weighted by atomic mass is 16.6. The quantitative estimate of drug-likeness (QED) is 0.443. The molecule has 6 nitrogen and oxygen atoms in total. The number of aromatic nitrogens is 1. The van der Waals surface area contributed by atoms with E-state index < -0.39 is 4.92 Å². The molecule has 1 rings (SSSR count). The number of nitrogens with zero attached hydrogens (tertiary/aromatic N) is 2. The van der Waals surface area contributed by atoms with Crippen molar-refractivity contribution in [1.82, 2.24) is 4.98 Å². The van der Waals surface area contributed by atoms with Gasteiger partial charge < -0.3 is 10.6 Å². The molecule has 1 heterocycles. The van der Waals surface area contributed by atoms with Gasteiger partial charge in [-0.3, -0.25) is 10.1 Å². The molecular formula is C12H20N4O2. The number of hydrogen-bond donors (Lipinski definition) is 2. The van der Waals surface area contributed by atoms with Crippen LogP contribution in [0.15, 0.2) is 12.1 Å². The first-order valence-electron chi connectivity index (χ1n) is 6.11. The predicted octanol–water partition coefficient (Wildman–Crippen LogP) is 2.88. The van der Waals surface area contributed by atoms with Crippen LogP contribution in [-0.4, -0.2) is 23.5 Å². The van der Waals surface area contributed by atoms with E-state index in [0.29, 0.717) is 24.1 Å². The minimum atomic E-state index is -0.419. The van der Waals surface area contributed by atoms with E-state index in [2.05, 4.69) is 29.5 Å². The highest BCUT2D eigenvalue weighted by molar-refractivity contribution is 5.60. The Bertz CT molecular complexity index is 407. The summed E-state index contributed by atoms with van der Waals surface area (Å²) in [6, 6.07) is 3.06. The highest BCUT2D eigenvalue weighted by Crippen LogP contribution is 2.23.